The molecule has 0 fully saturated rings. The number of carboxylic acids is 1. The molecule has 0 aromatic heterocycles. The summed E-state index contributed by atoms with van der Waals surface area (Å²) < 4.78 is 5.25. The Morgan fingerprint density at radius 2 is 1.84 bits per heavy atom. The third-order valence-corrected chi connectivity index (χ3v) is 4.29. The van der Waals surface area contributed by atoms with Crippen molar-refractivity contribution in [3.05, 3.63) is 76.9 Å². The molecule has 0 aliphatic heterocycles. The summed E-state index contributed by atoms with van der Waals surface area (Å²) in [5, 5.41) is 19.8. The maximum Gasteiger partial charge on any atom is 0.339 e. The van der Waals surface area contributed by atoms with E-state index in [-0.39, 0.29) is 5.56 Å². The molecule has 0 saturated heterocycles. The number of aromatic carboxylic acids is 1. The van der Waals surface area contributed by atoms with Crippen molar-refractivity contribution in [2.75, 3.05) is 7.11 Å². The molecular weight excluding hydrogens is 316 g/mol. The number of ether oxygens (including phenoxy) is 1. The second kappa shape index (κ2) is 8.49. The van der Waals surface area contributed by atoms with E-state index in [2.05, 4.69) is 6.58 Å². The van der Waals surface area contributed by atoms with Crippen LogP contribution in [0.2, 0.25) is 0 Å². The van der Waals surface area contributed by atoms with Crippen LogP contribution in [0.3, 0.4) is 0 Å². The third kappa shape index (κ3) is 4.70. The van der Waals surface area contributed by atoms with E-state index in [4.69, 9.17) is 4.74 Å². The molecular formula is C21H24O4. The summed E-state index contributed by atoms with van der Waals surface area (Å²) in [6.07, 6.45) is 0.903. The van der Waals surface area contributed by atoms with Crippen LogP contribution >= 0.6 is 0 Å². The number of hydrogen-bond acceptors (Lipinski definition) is 3. The van der Waals surface area contributed by atoms with Gasteiger partial charge in [-0.1, -0.05) is 48.6 Å². The van der Waals surface area contributed by atoms with Crippen molar-refractivity contribution in [1.82, 2.24) is 0 Å². The predicted molar refractivity (Wildman–Crippen MR) is 98.3 cm³/mol. The van der Waals surface area contributed by atoms with Gasteiger partial charge in [-0.25, -0.2) is 4.79 Å². The van der Waals surface area contributed by atoms with Gasteiger partial charge < -0.3 is 14.9 Å². The van der Waals surface area contributed by atoms with Gasteiger partial charge in [0, 0.05) is 6.42 Å². The van der Waals surface area contributed by atoms with Crippen molar-refractivity contribution in [1.29, 1.82) is 0 Å². The first kappa shape index (κ1) is 18.7. The van der Waals surface area contributed by atoms with Crippen LogP contribution in [-0.2, 0) is 19.3 Å². The zero-order chi connectivity index (χ0) is 18.4. The average molecular weight is 340 g/mol. The molecule has 4 nitrogen and oxygen atoms in total. The predicted octanol–water partition coefficient (Wildman–Crippen LogP) is 3.66. The maximum absolute atomic E-state index is 11.8. The number of carbonyl (C=O) groups is 1. The Bertz CT molecular complexity index is 750. The summed E-state index contributed by atoms with van der Waals surface area (Å²) >= 11 is 0. The first-order valence-corrected chi connectivity index (χ1v) is 8.23. The summed E-state index contributed by atoms with van der Waals surface area (Å²) in [6.45, 7) is 5.53. The Labute approximate surface area is 148 Å². The van der Waals surface area contributed by atoms with Gasteiger partial charge in [-0.2, -0.15) is 0 Å². The molecule has 0 amide bonds. The summed E-state index contributed by atoms with van der Waals surface area (Å²) in [5.41, 5.74) is 3.47. The largest absolute Gasteiger partial charge is 0.496 e. The first-order valence-electron chi connectivity index (χ1n) is 8.23. The van der Waals surface area contributed by atoms with Gasteiger partial charge >= 0.3 is 5.97 Å². The SMILES string of the molecule is C=C(C)C(O)Cc1ccc(OC)c(C(=O)O)c1CCc1ccccc1. The molecule has 25 heavy (non-hydrogen) atoms. The van der Waals surface area contributed by atoms with E-state index in [0.29, 0.717) is 36.1 Å². The lowest BCUT2D eigenvalue weighted by atomic mass is 9.90. The Kier molecular flexibility index (Phi) is 6.37. The Morgan fingerprint density at radius 3 is 2.40 bits per heavy atom. The fraction of sp³-hybridized carbons (Fsp3) is 0.286. The van der Waals surface area contributed by atoms with E-state index in [1.807, 2.05) is 36.4 Å². The summed E-state index contributed by atoms with van der Waals surface area (Å²) in [5.74, 6) is -0.685. The monoisotopic (exact) mass is 340 g/mol. The quantitative estimate of drug-likeness (QED) is 0.720. The van der Waals surface area contributed by atoms with Gasteiger partial charge in [0.2, 0.25) is 0 Å². The van der Waals surface area contributed by atoms with Gasteiger partial charge in [-0.15, -0.1) is 0 Å². The fourth-order valence-electron chi connectivity index (χ4n) is 2.85. The molecule has 1 unspecified atom stereocenters. The number of aryl methyl sites for hydroxylation is 1. The van der Waals surface area contributed by atoms with Gasteiger partial charge in [0.15, 0.2) is 0 Å². The Hall–Kier alpha value is -2.59. The number of aliphatic hydroxyl groups is 1. The number of rotatable bonds is 8. The second-order valence-corrected chi connectivity index (χ2v) is 6.14. The molecule has 0 aliphatic rings. The van der Waals surface area contributed by atoms with Gasteiger partial charge in [0.05, 0.1) is 13.2 Å². The molecule has 1 atom stereocenters. The average Bonchev–Trinajstić information content (AvgIpc) is 2.60. The van der Waals surface area contributed by atoms with Gasteiger partial charge in [0.1, 0.15) is 11.3 Å². The maximum atomic E-state index is 11.8. The van der Waals surface area contributed by atoms with Crippen LogP contribution in [0.1, 0.15) is 34.0 Å². The van der Waals surface area contributed by atoms with Crippen molar-refractivity contribution in [3.8, 4) is 5.75 Å². The van der Waals surface area contributed by atoms with E-state index >= 15 is 0 Å². The number of methoxy groups -OCH3 is 1. The van der Waals surface area contributed by atoms with Crippen LogP contribution in [0, 0.1) is 0 Å². The molecule has 0 bridgehead atoms. The van der Waals surface area contributed by atoms with Crippen LogP contribution in [0.4, 0.5) is 0 Å². The minimum atomic E-state index is -1.02. The summed E-state index contributed by atoms with van der Waals surface area (Å²) in [4.78, 5) is 11.8. The molecule has 2 aromatic carbocycles. The van der Waals surface area contributed by atoms with Crippen molar-refractivity contribution >= 4 is 5.97 Å². The standard InChI is InChI=1S/C21H24O4/c1-14(2)18(22)13-16-10-12-19(25-3)20(21(23)24)17(16)11-9-15-7-5-4-6-8-15/h4-8,10,12,18,22H,1,9,11,13H2,2-3H3,(H,23,24). The van der Waals surface area contributed by atoms with E-state index in [1.165, 1.54) is 7.11 Å². The number of benzene rings is 2. The van der Waals surface area contributed by atoms with E-state index in [1.54, 1.807) is 13.0 Å². The van der Waals surface area contributed by atoms with Crippen LogP contribution in [-0.4, -0.2) is 29.4 Å². The lowest BCUT2D eigenvalue weighted by Crippen LogP contribution is -2.16. The van der Waals surface area contributed by atoms with Crippen LogP contribution in [0.5, 0.6) is 5.75 Å². The van der Waals surface area contributed by atoms with Gasteiger partial charge in [0.25, 0.3) is 0 Å². The topological polar surface area (TPSA) is 66.8 Å². The molecule has 4 heteroatoms. The third-order valence-electron chi connectivity index (χ3n) is 4.29. The molecule has 2 rings (SSSR count). The highest BCUT2D eigenvalue weighted by molar-refractivity contribution is 5.93. The summed E-state index contributed by atoms with van der Waals surface area (Å²) in [6, 6.07) is 13.4. The smallest absolute Gasteiger partial charge is 0.339 e. The minimum Gasteiger partial charge on any atom is -0.496 e. The lowest BCUT2D eigenvalue weighted by Gasteiger charge is -2.18. The molecule has 0 heterocycles. The van der Waals surface area contributed by atoms with Crippen molar-refractivity contribution < 1.29 is 19.7 Å². The van der Waals surface area contributed by atoms with E-state index in [0.717, 1.165) is 11.1 Å². The molecule has 0 aliphatic carbocycles. The zero-order valence-corrected chi connectivity index (χ0v) is 14.7. The minimum absolute atomic E-state index is 0.171. The van der Waals surface area contributed by atoms with Crippen LogP contribution in [0.25, 0.3) is 0 Å². The highest BCUT2D eigenvalue weighted by Gasteiger charge is 2.21. The lowest BCUT2D eigenvalue weighted by molar-refractivity contribution is 0.0691. The molecule has 2 N–H and O–H groups in total. The number of hydrogen-bond donors (Lipinski definition) is 2. The van der Waals surface area contributed by atoms with Crippen molar-refractivity contribution in [3.63, 3.8) is 0 Å². The first-order chi connectivity index (χ1) is 11.9. The number of aliphatic hydroxyl groups excluding tert-OH is 1. The Morgan fingerprint density at radius 1 is 1.16 bits per heavy atom. The molecule has 2 aromatic rings. The second-order valence-electron chi connectivity index (χ2n) is 6.14. The Balaban J connectivity index is 2.42. The van der Waals surface area contributed by atoms with Gasteiger partial charge in [-0.05, 0) is 42.5 Å². The molecule has 132 valence electrons. The van der Waals surface area contributed by atoms with E-state index < -0.39 is 12.1 Å². The number of carboxylic acid groups (broad SMARTS) is 1. The molecule has 0 saturated carbocycles. The van der Waals surface area contributed by atoms with Crippen molar-refractivity contribution in [2.45, 2.75) is 32.3 Å². The molecule has 0 spiro atoms. The van der Waals surface area contributed by atoms with Crippen LogP contribution in [0.15, 0.2) is 54.6 Å². The van der Waals surface area contributed by atoms with Gasteiger partial charge in [-0.3, -0.25) is 0 Å². The fourth-order valence-corrected chi connectivity index (χ4v) is 2.85. The zero-order valence-electron chi connectivity index (χ0n) is 14.7. The highest BCUT2D eigenvalue weighted by Crippen LogP contribution is 2.28. The van der Waals surface area contributed by atoms with Crippen molar-refractivity contribution in [2.24, 2.45) is 0 Å². The molecule has 0 radical (unpaired) electrons. The highest BCUT2D eigenvalue weighted by atomic mass is 16.5. The normalized spacial score (nSPS) is 11.8. The van der Waals surface area contributed by atoms with Crippen LogP contribution < -0.4 is 4.74 Å². The van der Waals surface area contributed by atoms with E-state index in [9.17, 15) is 15.0 Å². The summed E-state index contributed by atoms with van der Waals surface area (Å²) in [7, 11) is 1.46.